The van der Waals surface area contributed by atoms with Gasteiger partial charge in [-0.2, -0.15) is 0 Å². The van der Waals surface area contributed by atoms with Crippen LogP contribution in [0.2, 0.25) is 5.02 Å². The molecule has 3 rings (SSSR count). The van der Waals surface area contributed by atoms with Crippen molar-refractivity contribution in [3.63, 3.8) is 0 Å². The van der Waals surface area contributed by atoms with Crippen LogP contribution in [0, 0.1) is 0 Å². The Morgan fingerprint density at radius 1 is 1.06 bits per heavy atom. The first-order valence-electron chi connectivity index (χ1n) is 5.61. The molecule has 0 amide bonds. The maximum absolute atomic E-state index is 6.26. The Labute approximate surface area is 119 Å². The van der Waals surface area contributed by atoms with E-state index in [0.29, 0.717) is 6.61 Å². The van der Waals surface area contributed by atoms with E-state index >= 15 is 0 Å². The summed E-state index contributed by atoms with van der Waals surface area (Å²) in [4.78, 5) is 1.93. The van der Waals surface area contributed by atoms with Gasteiger partial charge in [0.15, 0.2) is 0 Å². The van der Waals surface area contributed by atoms with Gasteiger partial charge in [0.1, 0.15) is 12.4 Å². The fourth-order valence-electron chi connectivity index (χ4n) is 2.19. The molecule has 90 valence electrons. The standard InChI is InChI=1S/C15H10BrClO/c16-8-12-10-5-3-6-14(17)13(10)9-18-15-7-2-1-4-11(12)15/h1-8H,9H2. The minimum Gasteiger partial charge on any atom is -0.488 e. The Morgan fingerprint density at radius 2 is 1.83 bits per heavy atom. The van der Waals surface area contributed by atoms with E-state index in [4.69, 9.17) is 16.3 Å². The minimum absolute atomic E-state index is 0.496. The van der Waals surface area contributed by atoms with E-state index in [2.05, 4.69) is 28.1 Å². The Kier molecular flexibility index (Phi) is 3.14. The van der Waals surface area contributed by atoms with E-state index in [1.165, 1.54) is 0 Å². The second kappa shape index (κ2) is 4.79. The molecule has 1 aliphatic heterocycles. The second-order valence-corrected chi connectivity index (χ2v) is 4.94. The fourth-order valence-corrected chi connectivity index (χ4v) is 2.91. The van der Waals surface area contributed by atoms with Crippen molar-refractivity contribution in [2.75, 3.05) is 0 Å². The lowest BCUT2D eigenvalue weighted by Crippen LogP contribution is -1.96. The van der Waals surface area contributed by atoms with E-state index in [0.717, 1.165) is 33.0 Å². The molecule has 18 heavy (non-hydrogen) atoms. The first kappa shape index (κ1) is 11.8. The average Bonchev–Trinajstić information content (AvgIpc) is 2.56. The summed E-state index contributed by atoms with van der Waals surface area (Å²) >= 11 is 9.71. The van der Waals surface area contributed by atoms with Crippen molar-refractivity contribution >= 4 is 33.1 Å². The number of hydrogen-bond acceptors (Lipinski definition) is 1. The topological polar surface area (TPSA) is 9.23 Å². The number of halogens is 2. The number of fused-ring (bicyclic) bond motifs is 2. The molecule has 0 N–H and O–H groups in total. The van der Waals surface area contributed by atoms with Crippen molar-refractivity contribution in [3.8, 4) is 5.75 Å². The number of rotatable bonds is 0. The Morgan fingerprint density at radius 3 is 2.67 bits per heavy atom. The van der Waals surface area contributed by atoms with Gasteiger partial charge in [0, 0.05) is 16.1 Å². The van der Waals surface area contributed by atoms with Crippen LogP contribution in [0.1, 0.15) is 16.7 Å². The van der Waals surface area contributed by atoms with Crippen molar-refractivity contribution in [1.82, 2.24) is 0 Å². The summed E-state index contributed by atoms with van der Waals surface area (Å²) in [7, 11) is 0. The third-order valence-corrected chi connectivity index (χ3v) is 3.88. The van der Waals surface area contributed by atoms with Crippen molar-refractivity contribution in [2.24, 2.45) is 0 Å². The van der Waals surface area contributed by atoms with Crippen molar-refractivity contribution in [2.45, 2.75) is 6.61 Å². The summed E-state index contributed by atoms with van der Waals surface area (Å²) < 4.78 is 5.84. The van der Waals surface area contributed by atoms with E-state index < -0.39 is 0 Å². The molecule has 2 aromatic rings. The third-order valence-electron chi connectivity index (χ3n) is 3.07. The highest BCUT2D eigenvalue weighted by Gasteiger charge is 2.19. The van der Waals surface area contributed by atoms with Crippen LogP contribution in [0.3, 0.4) is 0 Å². The lowest BCUT2D eigenvalue weighted by molar-refractivity contribution is 0.307. The number of benzene rings is 2. The molecule has 0 atom stereocenters. The zero-order valence-corrected chi connectivity index (χ0v) is 11.8. The molecule has 1 aliphatic rings. The summed E-state index contributed by atoms with van der Waals surface area (Å²) in [5, 5.41) is 0.743. The first-order valence-corrected chi connectivity index (χ1v) is 6.91. The van der Waals surface area contributed by atoms with Crippen LogP contribution in [-0.2, 0) is 6.61 Å². The van der Waals surface area contributed by atoms with Gasteiger partial charge in [-0.1, -0.05) is 57.9 Å². The van der Waals surface area contributed by atoms with E-state index in [1.54, 1.807) is 0 Å². The predicted molar refractivity (Wildman–Crippen MR) is 78.2 cm³/mol. The first-order chi connectivity index (χ1) is 8.81. The number of ether oxygens (including phenoxy) is 1. The van der Waals surface area contributed by atoms with Gasteiger partial charge in [-0.25, -0.2) is 0 Å². The van der Waals surface area contributed by atoms with Crippen molar-refractivity contribution in [3.05, 3.63) is 69.2 Å². The van der Waals surface area contributed by atoms with Gasteiger partial charge in [0.25, 0.3) is 0 Å². The monoisotopic (exact) mass is 320 g/mol. The average molecular weight is 322 g/mol. The third kappa shape index (κ3) is 1.86. The Hall–Kier alpha value is -1.25. The maximum Gasteiger partial charge on any atom is 0.127 e. The molecule has 3 heteroatoms. The van der Waals surface area contributed by atoms with Gasteiger partial charge in [-0.05, 0) is 28.3 Å². The Balaban J connectivity index is 2.29. The molecule has 0 radical (unpaired) electrons. The molecular formula is C15H10BrClO. The molecule has 0 spiro atoms. The van der Waals surface area contributed by atoms with Gasteiger partial charge in [0.2, 0.25) is 0 Å². The molecule has 0 unspecified atom stereocenters. The van der Waals surface area contributed by atoms with Gasteiger partial charge in [-0.15, -0.1) is 0 Å². The van der Waals surface area contributed by atoms with Crippen LogP contribution in [0.4, 0.5) is 0 Å². The molecule has 2 aromatic carbocycles. The normalized spacial score (nSPS) is 15.6. The van der Waals surface area contributed by atoms with Crippen LogP contribution in [0.25, 0.3) is 5.57 Å². The zero-order chi connectivity index (χ0) is 12.5. The lowest BCUT2D eigenvalue weighted by atomic mass is 9.96. The summed E-state index contributed by atoms with van der Waals surface area (Å²) in [5.74, 6) is 0.885. The zero-order valence-electron chi connectivity index (χ0n) is 9.49. The van der Waals surface area contributed by atoms with Crippen LogP contribution in [0.15, 0.2) is 47.4 Å². The highest BCUT2D eigenvalue weighted by atomic mass is 79.9. The molecule has 0 saturated heterocycles. The Bertz CT molecular complexity index is 634. The molecule has 0 aliphatic carbocycles. The van der Waals surface area contributed by atoms with E-state index in [-0.39, 0.29) is 0 Å². The lowest BCUT2D eigenvalue weighted by Gasteiger charge is -2.09. The fraction of sp³-hybridized carbons (Fsp3) is 0.0667. The minimum atomic E-state index is 0.496. The summed E-state index contributed by atoms with van der Waals surface area (Å²) in [6, 6.07) is 13.9. The maximum atomic E-state index is 6.26. The smallest absolute Gasteiger partial charge is 0.127 e. The van der Waals surface area contributed by atoms with Gasteiger partial charge in [0.05, 0.1) is 0 Å². The van der Waals surface area contributed by atoms with Gasteiger partial charge in [-0.3, -0.25) is 0 Å². The molecule has 1 heterocycles. The SMILES string of the molecule is Clc1cccc2c1COc1ccccc1C2=CBr. The molecular weight excluding hydrogens is 312 g/mol. The molecule has 0 aromatic heterocycles. The molecule has 0 saturated carbocycles. The summed E-state index contributed by atoms with van der Waals surface area (Å²) in [5.41, 5.74) is 4.32. The van der Waals surface area contributed by atoms with Crippen LogP contribution >= 0.6 is 27.5 Å². The van der Waals surface area contributed by atoms with Crippen LogP contribution in [-0.4, -0.2) is 0 Å². The molecule has 0 fully saturated rings. The molecule has 1 nitrogen and oxygen atoms in total. The highest BCUT2D eigenvalue weighted by Crippen LogP contribution is 2.39. The van der Waals surface area contributed by atoms with Crippen LogP contribution in [0.5, 0.6) is 5.75 Å². The molecule has 0 bridgehead atoms. The van der Waals surface area contributed by atoms with Gasteiger partial charge < -0.3 is 4.74 Å². The van der Waals surface area contributed by atoms with E-state index in [1.807, 2.05) is 35.3 Å². The summed E-state index contributed by atoms with van der Waals surface area (Å²) in [6.45, 7) is 0.496. The number of hydrogen-bond donors (Lipinski definition) is 0. The quantitative estimate of drug-likeness (QED) is 0.662. The second-order valence-electron chi connectivity index (χ2n) is 4.07. The van der Waals surface area contributed by atoms with Crippen molar-refractivity contribution < 1.29 is 4.74 Å². The predicted octanol–water partition coefficient (Wildman–Crippen LogP) is 5.02. The van der Waals surface area contributed by atoms with Gasteiger partial charge >= 0.3 is 0 Å². The van der Waals surface area contributed by atoms with E-state index in [9.17, 15) is 0 Å². The number of para-hydroxylation sites is 1. The highest BCUT2D eigenvalue weighted by molar-refractivity contribution is 9.11. The van der Waals surface area contributed by atoms with Crippen molar-refractivity contribution in [1.29, 1.82) is 0 Å². The largest absolute Gasteiger partial charge is 0.488 e. The summed E-state index contributed by atoms with van der Waals surface area (Å²) in [6.07, 6.45) is 0. The van der Waals surface area contributed by atoms with Crippen LogP contribution < -0.4 is 4.74 Å².